The van der Waals surface area contributed by atoms with Crippen molar-refractivity contribution in [3.05, 3.63) is 41.2 Å². The lowest BCUT2D eigenvalue weighted by Gasteiger charge is -2.21. The Hall–Kier alpha value is -2.14. The molecule has 3 rings (SSSR count). The molecular formula is C16H20N4O. The Morgan fingerprint density at radius 1 is 1.33 bits per heavy atom. The van der Waals surface area contributed by atoms with Crippen molar-refractivity contribution in [2.75, 3.05) is 18.5 Å². The number of fused-ring (bicyclic) bond motifs is 1. The molecule has 0 radical (unpaired) electrons. The molecule has 1 aromatic heterocycles. The maximum Gasteiger partial charge on any atom is 0.218 e. The van der Waals surface area contributed by atoms with Crippen LogP contribution in [0.15, 0.2) is 24.3 Å². The maximum atomic E-state index is 5.48. The minimum absolute atomic E-state index is 0.600. The largest absolute Gasteiger partial charge is 0.478 e. The number of aryl methyl sites for hydroxylation is 1. The Bertz CT molecular complexity index is 642. The number of rotatable bonds is 4. The fourth-order valence-electron chi connectivity index (χ4n) is 2.61. The van der Waals surface area contributed by atoms with Gasteiger partial charge in [0.1, 0.15) is 11.6 Å². The number of nitrogens with zero attached hydrogens (tertiary/aromatic N) is 2. The Kier molecular flexibility index (Phi) is 4.01. The van der Waals surface area contributed by atoms with Crippen LogP contribution >= 0.6 is 0 Å². The van der Waals surface area contributed by atoms with Gasteiger partial charge in [0.25, 0.3) is 0 Å². The molecule has 1 aliphatic heterocycles. The second-order valence-corrected chi connectivity index (χ2v) is 5.07. The van der Waals surface area contributed by atoms with Gasteiger partial charge in [0, 0.05) is 18.3 Å². The second kappa shape index (κ2) is 6.10. The van der Waals surface area contributed by atoms with Crippen LogP contribution in [0.1, 0.15) is 23.9 Å². The van der Waals surface area contributed by atoms with Crippen LogP contribution in [0.25, 0.3) is 0 Å². The van der Waals surface area contributed by atoms with Gasteiger partial charge in [-0.1, -0.05) is 12.1 Å². The molecule has 0 saturated carbocycles. The third-order valence-electron chi connectivity index (χ3n) is 3.51. The molecule has 0 bridgehead atoms. The van der Waals surface area contributed by atoms with Crippen molar-refractivity contribution in [2.45, 2.75) is 26.8 Å². The number of anilines is 2. The quantitative estimate of drug-likeness (QED) is 0.903. The lowest BCUT2D eigenvalue weighted by Crippen LogP contribution is -2.24. The molecule has 0 unspecified atom stereocenters. The molecule has 2 heterocycles. The van der Waals surface area contributed by atoms with E-state index in [2.05, 4.69) is 38.8 Å². The van der Waals surface area contributed by atoms with Gasteiger partial charge in [0.15, 0.2) is 0 Å². The number of ether oxygens (including phenoxy) is 1. The first-order valence-electron chi connectivity index (χ1n) is 7.33. The van der Waals surface area contributed by atoms with E-state index in [1.165, 1.54) is 11.1 Å². The van der Waals surface area contributed by atoms with Crippen molar-refractivity contribution in [2.24, 2.45) is 0 Å². The zero-order chi connectivity index (χ0) is 14.7. The van der Waals surface area contributed by atoms with Crippen LogP contribution in [0, 0.1) is 6.92 Å². The van der Waals surface area contributed by atoms with Crippen LogP contribution in [0.2, 0.25) is 0 Å². The number of nitrogens with one attached hydrogen (secondary N) is 2. The first-order chi connectivity index (χ1) is 10.3. The Morgan fingerprint density at radius 3 is 3.10 bits per heavy atom. The molecular weight excluding hydrogens is 264 g/mol. The van der Waals surface area contributed by atoms with Crippen molar-refractivity contribution < 1.29 is 4.74 Å². The van der Waals surface area contributed by atoms with Crippen LogP contribution in [0.3, 0.4) is 0 Å². The van der Waals surface area contributed by atoms with Gasteiger partial charge in [-0.05, 0) is 44.0 Å². The third-order valence-corrected chi connectivity index (χ3v) is 3.51. The summed E-state index contributed by atoms with van der Waals surface area (Å²) in [4.78, 5) is 8.71. The third kappa shape index (κ3) is 3.13. The van der Waals surface area contributed by atoms with Gasteiger partial charge in [-0.15, -0.1) is 0 Å². The summed E-state index contributed by atoms with van der Waals surface area (Å²) < 4.78 is 5.48. The highest BCUT2D eigenvalue weighted by Crippen LogP contribution is 2.26. The molecule has 2 N–H and O–H groups in total. The highest BCUT2D eigenvalue weighted by molar-refractivity contribution is 5.63. The molecule has 0 aliphatic carbocycles. The average molecular weight is 284 g/mol. The van der Waals surface area contributed by atoms with Gasteiger partial charge in [0.2, 0.25) is 5.88 Å². The van der Waals surface area contributed by atoms with Gasteiger partial charge < -0.3 is 15.4 Å². The SMILES string of the molecule is CCOc1cc(Nc2cccc3c2CCNC3)nc(C)n1. The summed E-state index contributed by atoms with van der Waals surface area (Å²) in [7, 11) is 0. The lowest BCUT2D eigenvalue weighted by molar-refractivity contribution is 0.325. The Balaban J connectivity index is 1.90. The summed E-state index contributed by atoms with van der Waals surface area (Å²) in [5.41, 5.74) is 3.84. The van der Waals surface area contributed by atoms with E-state index in [0.29, 0.717) is 18.3 Å². The van der Waals surface area contributed by atoms with E-state index >= 15 is 0 Å². The number of aromatic nitrogens is 2. The van der Waals surface area contributed by atoms with Crippen LogP contribution in [-0.4, -0.2) is 23.1 Å². The van der Waals surface area contributed by atoms with Gasteiger partial charge in [-0.25, -0.2) is 4.98 Å². The fraction of sp³-hybridized carbons (Fsp3) is 0.375. The minimum atomic E-state index is 0.600. The van der Waals surface area contributed by atoms with Gasteiger partial charge in [-0.2, -0.15) is 4.98 Å². The van der Waals surface area contributed by atoms with Crippen LogP contribution < -0.4 is 15.4 Å². The predicted octanol–water partition coefficient (Wildman–Crippen LogP) is 2.57. The van der Waals surface area contributed by atoms with Gasteiger partial charge in [0.05, 0.1) is 6.61 Å². The molecule has 1 aromatic carbocycles. The number of hydrogen-bond donors (Lipinski definition) is 2. The molecule has 0 atom stereocenters. The summed E-state index contributed by atoms with van der Waals surface area (Å²) in [5, 5.41) is 6.81. The monoisotopic (exact) mass is 284 g/mol. The molecule has 0 spiro atoms. The van der Waals surface area contributed by atoms with Crippen molar-refractivity contribution in [3.8, 4) is 5.88 Å². The van der Waals surface area contributed by atoms with E-state index in [-0.39, 0.29) is 0 Å². The minimum Gasteiger partial charge on any atom is -0.478 e. The van der Waals surface area contributed by atoms with Crippen molar-refractivity contribution in [1.29, 1.82) is 0 Å². The summed E-state index contributed by atoms with van der Waals surface area (Å²) in [5.74, 6) is 2.09. The number of benzene rings is 1. The first kappa shape index (κ1) is 13.8. The van der Waals surface area contributed by atoms with Crippen molar-refractivity contribution in [1.82, 2.24) is 15.3 Å². The summed E-state index contributed by atoms with van der Waals surface area (Å²) in [6.07, 6.45) is 1.03. The van der Waals surface area contributed by atoms with E-state index in [4.69, 9.17) is 4.74 Å². The summed E-state index contributed by atoms with van der Waals surface area (Å²) in [6.45, 7) is 6.36. The van der Waals surface area contributed by atoms with Gasteiger partial charge >= 0.3 is 0 Å². The summed E-state index contributed by atoms with van der Waals surface area (Å²) >= 11 is 0. The highest BCUT2D eigenvalue weighted by Gasteiger charge is 2.13. The zero-order valence-corrected chi connectivity index (χ0v) is 12.4. The summed E-state index contributed by atoms with van der Waals surface area (Å²) in [6, 6.07) is 8.19. The topological polar surface area (TPSA) is 59.1 Å². The van der Waals surface area contributed by atoms with Crippen molar-refractivity contribution in [3.63, 3.8) is 0 Å². The second-order valence-electron chi connectivity index (χ2n) is 5.07. The molecule has 2 aromatic rings. The van der Waals surface area contributed by atoms with E-state index in [9.17, 15) is 0 Å². The van der Waals surface area contributed by atoms with E-state index in [0.717, 1.165) is 31.0 Å². The van der Waals surface area contributed by atoms with E-state index < -0.39 is 0 Å². The van der Waals surface area contributed by atoms with Gasteiger partial charge in [-0.3, -0.25) is 0 Å². The molecule has 5 heteroatoms. The van der Waals surface area contributed by atoms with E-state index in [1.54, 1.807) is 0 Å². The molecule has 0 fully saturated rings. The van der Waals surface area contributed by atoms with Crippen molar-refractivity contribution >= 4 is 11.5 Å². The average Bonchev–Trinajstić information content (AvgIpc) is 2.47. The molecule has 110 valence electrons. The molecule has 21 heavy (non-hydrogen) atoms. The standard InChI is InChI=1S/C16H20N4O/c1-3-21-16-9-15(18-11(2)19-16)20-14-6-4-5-12-10-17-8-7-13(12)14/h4-6,9,17H,3,7-8,10H2,1-2H3,(H,18,19,20). The molecule has 1 aliphatic rings. The smallest absolute Gasteiger partial charge is 0.218 e. The number of hydrogen-bond acceptors (Lipinski definition) is 5. The lowest BCUT2D eigenvalue weighted by atomic mass is 9.99. The van der Waals surface area contributed by atoms with Crippen LogP contribution in [0.4, 0.5) is 11.5 Å². The normalized spacial score (nSPS) is 13.6. The Morgan fingerprint density at radius 2 is 2.24 bits per heavy atom. The highest BCUT2D eigenvalue weighted by atomic mass is 16.5. The fourth-order valence-corrected chi connectivity index (χ4v) is 2.61. The predicted molar refractivity (Wildman–Crippen MR) is 83.1 cm³/mol. The maximum absolute atomic E-state index is 5.48. The first-order valence-corrected chi connectivity index (χ1v) is 7.33. The molecule has 0 amide bonds. The van der Waals surface area contributed by atoms with Crippen LogP contribution in [-0.2, 0) is 13.0 Å². The van der Waals surface area contributed by atoms with Crippen LogP contribution in [0.5, 0.6) is 5.88 Å². The molecule has 5 nitrogen and oxygen atoms in total. The zero-order valence-electron chi connectivity index (χ0n) is 12.4. The van der Waals surface area contributed by atoms with E-state index in [1.807, 2.05) is 19.9 Å². The molecule has 0 saturated heterocycles. The Labute approximate surface area is 124 Å².